The van der Waals surface area contributed by atoms with Crippen LogP contribution in [0.2, 0.25) is 0 Å². The quantitative estimate of drug-likeness (QED) is 0.628. The molecule has 0 aromatic heterocycles. The fourth-order valence-corrected chi connectivity index (χ4v) is 3.46. The van der Waals surface area contributed by atoms with Gasteiger partial charge >= 0.3 is 0 Å². The van der Waals surface area contributed by atoms with E-state index in [-0.39, 0.29) is 5.38 Å². The summed E-state index contributed by atoms with van der Waals surface area (Å²) in [5.41, 5.74) is 1.10. The third-order valence-electron chi connectivity index (χ3n) is 3.83. The Labute approximate surface area is 123 Å². The van der Waals surface area contributed by atoms with Crippen molar-refractivity contribution >= 4 is 27.5 Å². The molecule has 1 fully saturated rings. The summed E-state index contributed by atoms with van der Waals surface area (Å²) in [6.07, 6.45) is 7.86. The van der Waals surface area contributed by atoms with E-state index in [2.05, 4.69) is 22.0 Å². The van der Waals surface area contributed by atoms with Crippen molar-refractivity contribution in [3.63, 3.8) is 0 Å². The lowest BCUT2D eigenvalue weighted by molar-refractivity contribution is 0.405. The Kier molecular flexibility index (Phi) is 5.38. The first-order valence-corrected chi connectivity index (χ1v) is 7.91. The molecule has 3 heteroatoms. The van der Waals surface area contributed by atoms with Crippen LogP contribution in [0.25, 0.3) is 0 Å². The van der Waals surface area contributed by atoms with E-state index < -0.39 is 0 Å². The van der Waals surface area contributed by atoms with Crippen molar-refractivity contribution in [2.45, 2.75) is 43.9 Å². The summed E-state index contributed by atoms with van der Waals surface area (Å²) in [5, 5.41) is 0.0537. The van der Waals surface area contributed by atoms with Crippen molar-refractivity contribution in [3.8, 4) is 5.75 Å². The minimum atomic E-state index is 0.0537. The molecular formula is C15H20BrClO. The molecule has 0 aliphatic heterocycles. The molecule has 1 nitrogen and oxygen atoms in total. The molecule has 1 aromatic rings. The number of methoxy groups -OCH3 is 1. The molecule has 0 N–H and O–H groups in total. The molecular weight excluding hydrogens is 312 g/mol. The molecule has 100 valence electrons. The van der Waals surface area contributed by atoms with E-state index in [1.165, 1.54) is 32.1 Å². The summed E-state index contributed by atoms with van der Waals surface area (Å²) >= 11 is 10.0. The van der Waals surface area contributed by atoms with Gasteiger partial charge in [-0.25, -0.2) is 0 Å². The zero-order valence-electron chi connectivity index (χ0n) is 10.8. The van der Waals surface area contributed by atoms with Gasteiger partial charge in [0.1, 0.15) is 5.75 Å². The van der Waals surface area contributed by atoms with Gasteiger partial charge in [0, 0.05) is 10.0 Å². The van der Waals surface area contributed by atoms with E-state index in [9.17, 15) is 0 Å². The van der Waals surface area contributed by atoms with E-state index in [1.54, 1.807) is 7.11 Å². The predicted molar refractivity (Wildman–Crippen MR) is 80.5 cm³/mol. The van der Waals surface area contributed by atoms with E-state index >= 15 is 0 Å². The molecule has 0 saturated heterocycles. The number of ether oxygens (including phenoxy) is 1. The van der Waals surface area contributed by atoms with Crippen LogP contribution in [0.4, 0.5) is 0 Å². The average molecular weight is 332 g/mol. The molecule has 18 heavy (non-hydrogen) atoms. The van der Waals surface area contributed by atoms with Crippen LogP contribution in [0, 0.1) is 5.92 Å². The van der Waals surface area contributed by atoms with Gasteiger partial charge in [-0.15, -0.1) is 11.6 Å². The van der Waals surface area contributed by atoms with Crippen molar-refractivity contribution in [2.24, 2.45) is 5.92 Å². The second-order valence-electron chi connectivity index (χ2n) is 5.08. The van der Waals surface area contributed by atoms with Gasteiger partial charge in [0.05, 0.1) is 12.5 Å². The summed E-state index contributed by atoms with van der Waals surface area (Å²) in [6, 6.07) is 6.04. The minimum absolute atomic E-state index is 0.0537. The summed E-state index contributed by atoms with van der Waals surface area (Å²) in [5.74, 6) is 1.79. The fourth-order valence-electron chi connectivity index (χ4n) is 2.79. The van der Waals surface area contributed by atoms with E-state index in [0.29, 0.717) is 0 Å². The normalized spacial score (nSPS) is 17.9. The van der Waals surface area contributed by atoms with Gasteiger partial charge in [0.2, 0.25) is 0 Å². The Balaban J connectivity index is 1.98. The third-order valence-corrected chi connectivity index (χ3v) is 4.78. The molecule has 0 bridgehead atoms. The molecule has 2 rings (SSSR count). The SMILES string of the molecule is COc1ccc(Br)cc1C(Cl)CCC1CCCC1. The second kappa shape index (κ2) is 6.81. The highest BCUT2D eigenvalue weighted by atomic mass is 79.9. The molecule has 1 aliphatic carbocycles. The topological polar surface area (TPSA) is 9.23 Å². The number of halogens is 2. The van der Waals surface area contributed by atoms with Crippen LogP contribution in [0.1, 0.15) is 49.5 Å². The van der Waals surface area contributed by atoms with Crippen molar-refractivity contribution in [3.05, 3.63) is 28.2 Å². The largest absolute Gasteiger partial charge is 0.496 e. The highest BCUT2D eigenvalue weighted by Crippen LogP contribution is 2.38. The Bertz CT molecular complexity index is 388. The smallest absolute Gasteiger partial charge is 0.123 e. The molecule has 1 aliphatic rings. The van der Waals surface area contributed by atoms with Crippen LogP contribution in [0.3, 0.4) is 0 Å². The maximum atomic E-state index is 6.54. The van der Waals surface area contributed by atoms with Crippen molar-refractivity contribution < 1.29 is 4.74 Å². The number of hydrogen-bond donors (Lipinski definition) is 0. The maximum absolute atomic E-state index is 6.54. The first-order valence-electron chi connectivity index (χ1n) is 6.68. The van der Waals surface area contributed by atoms with Crippen molar-refractivity contribution in [1.29, 1.82) is 0 Å². The van der Waals surface area contributed by atoms with Gasteiger partial charge in [-0.3, -0.25) is 0 Å². The van der Waals surface area contributed by atoms with Crippen LogP contribution >= 0.6 is 27.5 Å². The first kappa shape index (κ1) is 14.2. The molecule has 1 unspecified atom stereocenters. The zero-order chi connectivity index (χ0) is 13.0. The molecule has 0 amide bonds. The van der Waals surface area contributed by atoms with Crippen molar-refractivity contribution in [2.75, 3.05) is 7.11 Å². The van der Waals surface area contributed by atoms with Gasteiger partial charge < -0.3 is 4.74 Å². The van der Waals surface area contributed by atoms with Crippen LogP contribution in [-0.4, -0.2) is 7.11 Å². The van der Waals surface area contributed by atoms with Crippen LogP contribution in [-0.2, 0) is 0 Å². The Morgan fingerprint density at radius 2 is 2.11 bits per heavy atom. The highest BCUT2D eigenvalue weighted by molar-refractivity contribution is 9.10. The molecule has 1 saturated carbocycles. The van der Waals surface area contributed by atoms with Gasteiger partial charge in [-0.2, -0.15) is 0 Å². The highest BCUT2D eigenvalue weighted by Gasteiger charge is 2.19. The molecule has 1 atom stereocenters. The van der Waals surface area contributed by atoms with E-state index in [0.717, 1.165) is 28.1 Å². The number of rotatable bonds is 5. The first-order chi connectivity index (χ1) is 8.70. The van der Waals surface area contributed by atoms with Gasteiger partial charge in [-0.1, -0.05) is 41.6 Å². The van der Waals surface area contributed by atoms with Gasteiger partial charge in [-0.05, 0) is 37.0 Å². The monoisotopic (exact) mass is 330 g/mol. The van der Waals surface area contributed by atoms with Gasteiger partial charge in [0.25, 0.3) is 0 Å². The van der Waals surface area contributed by atoms with Crippen LogP contribution in [0.5, 0.6) is 5.75 Å². The van der Waals surface area contributed by atoms with E-state index in [1.807, 2.05) is 12.1 Å². The zero-order valence-corrected chi connectivity index (χ0v) is 13.1. The Morgan fingerprint density at radius 1 is 1.39 bits per heavy atom. The van der Waals surface area contributed by atoms with Crippen LogP contribution < -0.4 is 4.74 Å². The fraction of sp³-hybridized carbons (Fsp3) is 0.600. The van der Waals surface area contributed by atoms with Crippen molar-refractivity contribution in [1.82, 2.24) is 0 Å². The maximum Gasteiger partial charge on any atom is 0.123 e. The Hall–Kier alpha value is -0.210. The predicted octanol–water partition coefficient (Wildman–Crippen LogP) is 5.71. The second-order valence-corrected chi connectivity index (χ2v) is 6.52. The van der Waals surface area contributed by atoms with Gasteiger partial charge in [0.15, 0.2) is 0 Å². The third kappa shape index (κ3) is 3.64. The number of hydrogen-bond acceptors (Lipinski definition) is 1. The number of benzene rings is 1. The van der Waals surface area contributed by atoms with Crippen LogP contribution in [0.15, 0.2) is 22.7 Å². The summed E-state index contributed by atoms with van der Waals surface area (Å²) in [4.78, 5) is 0. The van der Waals surface area contributed by atoms with E-state index in [4.69, 9.17) is 16.3 Å². The number of alkyl halides is 1. The summed E-state index contributed by atoms with van der Waals surface area (Å²) in [6.45, 7) is 0. The summed E-state index contributed by atoms with van der Waals surface area (Å²) in [7, 11) is 1.70. The molecule has 0 radical (unpaired) electrons. The molecule has 0 spiro atoms. The lowest BCUT2D eigenvalue weighted by Crippen LogP contribution is -2.00. The average Bonchev–Trinajstić information content (AvgIpc) is 2.89. The Morgan fingerprint density at radius 3 is 2.78 bits per heavy atom. The lowest BCUT2D eigenvalue weighted by Gasteiger charge is -2.16. The standard InChI is InChI=1S/C15H20BrClO/c1-18-15-9-7-12(16)10-13(15)14(17)8-6-11-4-2-3-5-11/h7,9-11,14H,2-6,8H2,1H3. The minimum Gasteiger partial charge on any atom is -0.496 e. The lowest BCUT2D eigenvalue weighted by atomic mass is 9.98. The molecule has 0 heterocycles. The molecule has 1 aromatic carbocycles. The summed E-state index contributed by atoms with van der Waals surface area (Å²) < 4.78 is 6.45.